The van der Waals surface area contributed by atoms with Gasteiger partial charge in [-0.2, -0.15) is 0 Å². The first kappa shape index (κ1) is 17.6. The van der Waals surface area contributed by atoms with Gasteiger partial charge in [-0.15, -0.1) is 0 Å². The molecule has 0 aliphatic carbocycles. The molecule has 0 saturated heterocycles. The number of hydrogen-bond acceptors (Lipinski definition) is 5. The van der Waals surface area contributed by atoms with Crippen LogP contribution in [0.25, 0.3) is 0 Å². The maximum atomic E-state index is 9.88. The van der Waals surface area contributed by atoms with Crippen molar-refractivity contribution in [3.63, 3.8) is 0 Å². The molecule has 1 aliphatic heterocycles. The third-order valence-corrected chi connectivity index (χ3v) is 3.45. The van der Waals surface area contributed by atoms with E-state index in [1.165, 1.54) is 0 Å². The predicted molar refractivity (Wildman–Crippen MR) is 88.0 cm³/mol. The van der Waals surface area contributed by atoms with Crippen LogP contribution in [-0.2, 0) is 4.84 Å². The van der Waals surface area contributed by atoms with Crippen molar-refractivity contribution >= 4 is 5.71 Å². The number of oxime groups is 1. The van der Waals surface area contributed by atoms with Crippen LogP contribution >= 0.6 is 0 Å². The maximum absolute atomic E-state index is 9.88. The van der Waals surface area contributed by atoms with Crippen molar-refractivity contribution in [2.45, 2.75) is 45.4 Å². The van der Waals surface area contributed by atoms with E-state index in [9.17, 15) is 5.11 Å². The molecule has 0 aromatic heterocycles. The van der Waals surface area contributed by atoms with Crippen LogP contribution < -0.4 is 14.8 Å². The lowest BCUT2D eigenvalue weighted by Gasteiger charge is -2.26. The molecule has 128 valence electrons. The van der Waals surface area contributed by atoms with Gasteiger partial charge >= 0.3 is 0 Å². The summed E-state index contributed by atoms with van der Waals surface area (Å²) >= 11 is 0. The van der Waals surface area contributed by atoms with Crippen molar-refractivity contribution < 1.29 is 24.7 Å². The molecule has 2 rings (SSSR count). The van der Waals surface area contributed by atoms with Crippen LogP contribution in [0.5, 0.6) is 11.5 Å². The average molecular weight is 323 g/mol. The Morgan fingerprint density at radius 3 is 2.78 bits per heavy atom. The number of aliphatic hydroxyl groups is 1. The minimum Gasteiger partial charge on any atom is -0.485 e. The van der Waals surface area contributed by atoms with Crippen LogP contribution in [0, 0.1) is 0 Å². The van der Waals surface area contributed by atoms with Gasteiger partial charge in [0.25, 0.3) is 0 Å². The molecule has 3 N–H and O–H groups in total. The molecule has 0 radical (unpaired) electrons. The highest BCUT2D eigenvalue weighted by Gasteiger charge is 2.23. The Morgan fingerprint density at radius 2 is 2.09 bits per heavy atom. The van der Waals surface area contributed by atoms with Gasteiger partial charge in [0.1, 0.15) is 25.9 Å². The second kappa shape index (κ2) is 7.66. The number of nitrogens with two attached hydrogens (primary N) is 1. The van der Waals surface area contributed by atoms with E-state index < -0.39 is 6.10 Å². The zero-order chi connectivity index (χ0) is 16.9. The molecular weight excluding hydrogens is 296 g/mol. The molecule has 0 fully saturated rings. The van der Waals surface area contributed by atoms with Gasteiger partial charge < -0.3 is 24.7 Å². The summed E-state index contributed by atoms with van der Waals surface area (Å²) in [7, 11) is 0. The summed E-state index contributed by atoms with van der Waals surface area (Å²) in [6, 6.07) is 7.54. The lowest BCUT2D eigenvalue weighted by molar-refractivity contribution is -0.722. The second-order valence-electron chi connectivity index (χ2n) is 6.85. The number of hydrogen-bond donors (Lipinski definition) is 2. The topological polar surface area (TPSA) is 76.9 Å². The molecule has 1 aromatic carbocycles. The second-order valence-corrected chi connectivity index (χ2v) is 6.85. The van der Waals surface area contributed by atoms with Crippen molar-refractivity contribution in [2.24, 2.45) is 5.16 Å². The quantitative estimate of drug-likeness (QED) is 0.603. The van der Waals surface area contributed by atoms with Crippen molar-refractivity contribution in [1.82, 2.24) is 0 Å². The third-order valence-electron chi connectivity index (χ3n) is 3.45. The summed E-state index contributed by atoms with van der Waals surface area (Å²) in [5.41, 5.74) is 0.771. The first-order chi connectivity index (χ1) is 10.8. The van der Waals surface area contributed by atoms with E-state index in [4.69, 9.17) is 14.3 Å². The van der Waals surface area contributed by atoms with E-state index in [2.05, 4.69) is 31.2 Å². The molecule has 0 amide bonds. The number of fused-ring (bicyclic) bond motifs is 1. The largest absolute Gasteiger partial charge is 0.485 e. The number of para-hydroxylation sites is 2. The Bertz CT molecular complexity index is 540. The maximum Gasteiger partial charge on any atom is 0.174 e. The fraction of sp³-hybridized carbons (Fsp3) is 0.588. The van der Waals surface area contributed by atoms with Gasteiger partial charge in [-0.25, -0.2) is 0 Å². The molecule has 0 saturated carbocycles. The third kappa shape index (κ3) is 5.73. The monoisotopic (exact) mass is 323 g/mol. The van der Waals surface area contributed by atoms with E-state index in [0.29, 0.717) is 24.6 Å². The zero-order valence-electron chi connectivity index (χ0n) is 14.3. The summed E-state index contributed by atoms with van der Waals surface area (Å²) in [5.74, 6) is 1.45. The lowest BCUT2D eigenvalue weighted by Crippen LogP contribution is -2.96. The summed E-state index contributed by atoms with van der Waals surface area (Å²) in [5, 5.41) is 16.0. The number of benzene rings is 1. The molecular formula is C17H27N2O4+. The van der Waals surface area contributed by atoms with Gasteiger partial charge in [-0.3, -0.25) is 0 Å². The Balaban J connectivity index is 1.78. The number of rotatable bonds is 6. The minimum atomic E-state index is -0.560. The highest BCUT2D eigenvalue weighted by molar-refractivity contribution is 5.86. The Labute approximate surface area is 137 Å². The van der Waals surface area contributed by atoms with Crippen molar-refractivity contribution in [3.8, 4) is 11.5 Å². The highest BCUT2D eigenvalue weighted by Crippen LogP contribution is 2.31. The first-order valence-corrected chi connectivity index (χ1v) is 7.92. The Kier molecular flexibility index (Phi) is 5.85. The van der Waals surface area contributed by atoms with Crippen LogP contribution in [0.2, 0.25) is 0 Å². The smallest absolute Gasteiger partial charge is 0.174 e. The van der Waals surface area contributed by atoms with Crippen molar-refractivity contribution in [3.05, 3.63) is 24.3 Å². The van der Waals surface area contributed by atoms with E-state index >= 15 is 0 Å². The number of nitrogens with zero attached hydrogens (tertiary/aromatic N) is 1. The summed E-state index contributed by atoms with van der Waals surface area (Å²) in [4.78, 5) is 5.25. The number of aliphatic hydroxyl groups excluding tert-OH is 1. The summed E-state index contributed by atoms with van der Waals surface area (Å²) < 4.78 is 11.5. The van der Waals surface area contributed by atoms with Gasteiger partial charge in [0.2, 0.25) is 0 Å². The zero-order valence-corrected chi connectivity index (χ0v) is 14.3. The van der Waals surface area contributed by atoms with Gasteiger partial charge in [-0.05, 0) is 39.8 Å². The van der Waals surface area contributed by atoms with E-state index in [0.717, 1.165) is 5.75 Å². The molecule has 23 heavy (non-hydrogen) atoms. The van der Waals surface area contributed by atoms with E-state index in [-0.39, 0.29) is 18.2 Å². The predicted octanol–water partition coefficient (Wildman–Crippen LogP) is 0.942. The molecule has 0 unspecified atom stereocenters. The summed E-state index contributed by atoms with van der Waals surface area (Å²) in [6.45, 7) is 9.26. The molecule has 6 heteroatoms. The molecule has 1 aromatic rings. The molecule has 0 spiro atoms. The SMILES string of the molecule is C/C(=N/OC[C@H](O)C[NH2+]C(C)(C)C)[C@H]1COc2ccccc2O1. The molecule has 0 bridgehead atoms. The van der Waals surface area contributed by atoms with Crippen LogP contribution in [0.1, 0.15) is 27.7 Å². The number of ether oxygens (including phenoxy) is 2. The van der Waals surface area contributed by atoms with Crippen LogP contribution in [0.3, 0.4) is 0 Å². The van der Waals surface area contributed by atoms with Crippen LogP contribution in [0.15, 0.2) is 29.4 Å². The Morgan fingerprint density at radius 1 is 1.39 bits per heavy atom. The van der Waals surface area contributed by atoms with Gasteiger partial charge in [0, 0.05) is 0 Å². The summed E-state index contributed by atoms with van der Waals surface area (Å²) in [6.07, 6.45) is -0.835. The molecule has 1 heterocycles. The van der Waals surface area contributed by atoms with E-state index in [1.807, 2.05) is 31.2 Å². The average Bonchev–Trinajstić information content (AvgIpc) is 2.51. The fourth-order valence-corrected chi connectivity index (χ4v) is 2.07. The number of quaternary nitrogens is 1. The molecule has 2 atom stereocenters. The molecule has 1 aliphatic rings. The minimum absolute atomic E-state index is 0.0842. The Hall–Kier alpha value is -1.79. The molecule has 6 nitrogen and oxygen atoms in total. The highest BCUT2D eigenvalue weighted by atomic mass is 16.6. The fourth-order valence-electron chi connectivity index (χ4n) is 2.07. The van der Waals surface area contributed by atoms with Gasteiger partial charge in [-0.1, -0.05) is 17.3 Å². The van der Waals surface area contributed by atoms with Crippen molar-refractivity contribution in [1.29, 1.82) is 0 Å². The van der Waals surface area contributed by atoms with Gasteiger partial charge in [0.15, 0.2) is 17.6 Å². The van der Waals surface area contributed by atoms with E-state index in [1.54, 1.807) is 0 Å². The first-order valence-electron chi connectivity index (χ1n) is 7.92. The standard InChI is InChI=1S/C17H26N2O4/c1-12(19-22-10-13(20)9-18-17(2,3)4)16-11-21-14-7-5-6-8-15(14)23-16/h5-8,13,16,18,20H,9-11H2,1-4H3/p+1/b19-12-/t13-,16-/m1/s1. The normalized spacial score (nSPS) is 19.3. The van der Waals surface area contributed by atoms with Crippen molar-refractivity contribution in [2.75, 3.05) is 19.8 Å². The van der Waals surface area contributed by atoms with Crippen LogP contribution in [-0.4, -0.2) is 48.3 Å². The van der Waals surface area contributed by atoms with Gasteiger partial charge in [0.05, 0.1) is 11.3 Å². The van der Waals surface area contributed by atoms with Crippen LogP contribution in [0.4, 0.5) is 0 Å². The lowest BCUT2D eigenvalue weighted by atomic mass is 10.1.